The molecule has 18 heavy (non-hydrogen) atoms. The fourth-order valence-corrected chi connectivity index (χ4v) is 2.65. The van der Waals surface area contributed by atoms with Gasteiger partial charge < -0.3 is 10.1 Å². The van der Waals surface area contributed by atoms with Crippen LogP contribution in [0.3, 0.4) is 0 Å². The van der Waals surface area contributed by atoms with Crippen LogP contribution in [0, 0.1) is 11.8 Å². The second kappa shape index (κ2) is 5.50. The molecule has 3 heteroatoms. The van der Waals surface area contributed by atoms with Crippen molar-refractivity contribution in [2.75, 3.05) is 0 Å². The summed E-state index contributed by atoms with van der Waals surface area (Å²) >= 11 is 0. The van der Waals surface area contributed by atoms with Crippen LogP contribution in [0.5, 0.6) is 0 Å². The maximum Gasteiger partial charge on any atom is 0.408 e. The summed E-state index contributed by atoms with van der Waals surface area (Å²) in [6.45, 7) is 12.2. The predicted octanol–water partition coefficient (Wildman–Crippen LogP) is 4.12. The summed E-state index contributed by atoms with van der Waals surface area (Å²) < 4.78 is 5.34. The van der Waals surface area contributed by atoms with Crippen LogP contribution in [0.15, 0.2) is 0 Å². The maximum atomic E-state index is 11.8. The van der Waals surface area contributed by atoms with Crippen LogP contribution in [0.1, 0.15) is 67.2 Å². The highest BCUT2D eigenvalue weighted by Gasteiger charge is 2.34. The molecule has 0 bridgehead atoms. The lowest BCUT2D eigenvalue weighted by Crippen LogP contribution is -2.51. The topological polar surface area (TPSA) is 38.3 Å². The van der Waals surface area contributed by atoms with Crippen molar-refractivity contribution in [1.82, 2.24) is 5.32 Å². The van der Waals surface area contributed by atoms with Gasteiger partial charge in [0.25, 0.3) is 0 Å². The largest absolute Gasteiger partial charge is 0.444 e. The lowest BCUT2D eigenvalue weighted by atomic mass is 9.74. The Morgan fingerprint density at radius 1 is 1.06 bits per heavy atom. The van der Waals surface area contributed by atoms with Crippen molar-refractivity contribution in [1.29, 1.82) is 0 Å². The second-order valence-electron chi connectivity index (χ2n) is 7.31. The first-order valence-corrected chi connectivity index (χ1v) is 7.11. The Morgan fingerprint density at radius 2 is 1.56 bits per heavy atom. The van der Waals surface area contributed by atoms with E-state index in [1.54, 1.807) is 0 Å². The lowest BCUT2D eigenvalue weighted by molar-refractivity contribution is 0.0410. The average Bonchev–Trinajstić information content (AvgIpc) is 2.13. The third-order valence-corrected chi connectivity index (χ3v) is 3.86. The van der Waals surface area contributed by atoms with Gasteiger partial charge in [0.2, 0.25) is 0 Å². The van der Waals surface area contributed by atoms with Gasteiger partial charge in [0, 0.05) is 5.54 Å². The van der Waals surface area contributed by atoms with Crippen LogP contribution >= 0.6 is 0 Å². The molecule has 0 heterocycles. The summed E-state index contributed by atoms with van der Waals surface area (Å²) in [6.07, 6.45) is 4.63. The Bertz CT molecular complexity index is 283. The van der Waals surface area contributed by atoms with Gasteiger partial charge in [0.15, 0.2) is 0 Å². The summed E-state index contributed by atoms with van der Waals surface area (Å²) in [4.78, 5) is 11.8. The average molecular weight is 255 g/mol. The highest BCUT2D eigenvalue weighted by atomic mass is 16.6. The van der Waals surface area contributed by atoms with Gasteiger partial charge in [-0.2, -0.15) is 0 Å². The van der Waals surface area contributed by atoms with Gasteiger partial charge in [-0.1, -0.05) is 19.8 Å². The summed E-state index contributed by atoms with van der Waals surface area (Å²) in [5, 5.41) is 3.04. The van der Waals surface area contributed by atoms with Crippen molar-refractivity contribution in [2.24, 2.45) is 11.8 Å². The molecule has 1 fully saturated rings. The van der Waals surface area contributed by atoms with E-state index in [1.165, 1.54) is 25.7 Å². The molecule has 1 aliphatic rings. The summed E-state index contributed by atoms with van der Waals surface area (Å²) in [6, 6.07) is 0. The van der Waals surface area contributed by atoms with Crippen LogP contribution in [0.25, 0.3) is 0 Å². The molecule has 0 aromatic carbocycles. The Hall–Kier alpha value is -0.730. The number of hydrogen-bond donors (Lipinski definition) is 1. The lowest BCUT2D eigenvalue weighted by Gasteiger charge is -2.39. The molecule has 1 amide bonds. The number of nitrogens with one attached hydrogen (secondary N) is 1. The Labute approximate surface area is 112 Å². The molecule has 0 aromatic rings. The molecule has 0 saturated heterocycles. The van der Waals surface area contributed by atoms with E-state index in [-0.39, 0.29) is 11.6 Å². The molecule has 1 N–H and O–H groups in total. The summed E-state index contributed by atoms with van der Waals surface area (Å²) in [7, 11) is 0. The van der Waals surface area contributed by atoms with Crippen LogP contribution in [0.2, 0.25) is 0 Å². The van der Waals surface area contributed by atoms with Gasteiger partial charge in [-0.05, 0) is 59.3 Å². The molecule has 0 atom stereocenters. The zero-order valence-corrected chi connectivity index (χ0v) is 12.8. The van der Waals surface area contributed by atoms with Gasteiger partial charge in [0.1, 0.15) is 5.60 Å². The predicted molar refractivity (Wildman–Crippen MR) is 74.6 cm³/mol. The Balaban J connectivity index is 2.51. The van der Waals surface area contributed by atoms with E-state index in [0.29, 0.717) is 5.92 Å². The quantitative estimate of drug-likeness (QED) is 0.806. The number of ether oxygens (including phenoxy) is 1. The molecular weight excluding hydrogens is 226 g/mol. The molecule has 106 valence electrons. The van der Waals surface area contributed by atoms with Crippen molar-refractivity contribution in [3.8, 4) is 0 Å². The van der Waals surface area contributed by atoms with Crippen molar-refractivity contribution in [3.63, 3.8) is 0 Å². The standard InChI is InChI=1S/C15H29NO2/c1-11-7-9-12(10-8-11)15(5,6)16-13(17)18-14(2,3)4/h11-12H,7-10H2,1-6H3,(H,16,17). The van der Waals surface area contributed by atoms with Gasteiger partial charge in [0.05, 0.1) is 0 Å². The van der Waals surface area contributed by atoms with Crippen molar-refractivity contribution >= 4 is 6.09 Å². The van der Waals surface area contributed by atoms with Crippen LogP contribution < -0.4 is 5.32 Å². The monoisotopic (exact) mass is 255 g/mol. The van der Waals surface area contributed by atoms with Crippen molar-refractivity contribution < 1.29 is 9.53 Å². The number of hydrogen-bond acceptors (Lipinski definition) is 2. The Kier molecular flexibility index (Phi) is 4.68. The maximum absolute atomic E-state index is 11.8. The Morgan fingerprint density at radius 3 is 2.00 bits per heavy atom. The minimum absolute atomic E-state index is 0.178. The van der Waals surface area contributed by atoms with Crippen LogP contribution in [-0.4, -0.2) is 17.2 Å². The van der Waals surface area contributed by atoms with E-state index in [4.69, 9.17) is 4.74 Å². The second-order valence-corrected chi connectivity index (χ2v) is 7.31. The van der Waals surface area contributed by atoms with E-state index < -0.39 is 5.60 Å². The first-order chi connectivity index (χ1) is 8.10. The summed E-state index contributed by atoms with van der Waals surface area (Å²) in [5.74, 6) is 1.39. The molecule has 0 aliphatic heterocycles. The van der Waals surface area contributed by atoms with E-state index in [9.17, 15) is 4.79 Å². The van der Waals surface area contributed by atoms with Crippen molar-refractivity contribution in [3.05, 3.63) is 0 Å². The minimum Gasteiger partial charge on any atom is -0.444 e. The smallest absolute Gasteiger partial charge is 0.408 e. The highest BCUT2D eigenvalue weighted by molar-refractivity contribution is 5.68. The van der Waals surface area contributed by atoms with Crippen LogP contribution in [0.4, 0.5) is 4.79 Å². The highest BCUT2D eigenvalue weighted by Crippen LogP contribution is 2.35. The minimum atomic E-state index is -0.429. The molecule has 0 spiro atoms. The van der Waals surface area contributed by atoms with E-state index in [1.807, 2.05) is 20.8 Å². The molecule has 0 unspecified atom stereocenters. The van der Waals surface area contributed by atoms with Crippen LogP contribution in [-0.2, 0) is 4.74 Å². The SMILES string of the molecule is CC1CCC(C(C)(C)NC(=O)OC(C)(C)C)CC1. The summed E-state index contributed by atoms with van der Waals surface area (Å²) in [5.41, 5.74) is -0.607. The number of carbonyl (C=O) groups excluding carboxylic acids is 1. The zero-order chi connectivity index (χ0) is 14.0. The number of alkyl carbamates (subject to hydrolysis) is 1. The zero-order valence-electron chi connectivity index (χ0n) is 12.8. The van der Waals surface area contributed by atoms with Gasteiger partial charge in [-0.25, -0.2) is 4.79 Å². The fourth-order valence-electron chi connectivity index (χ4n) is 2.65. The normalized spacial score (nSPS) is 25.7. The molecule has 0 aromatic heterocycles. The number of rotatable bonds is 2. The molecular formula is C15H29NO2. The first kappa shape index (κ1) is 15.3. The van der Waals surface area contributed by atoms with E-state index in [0.717, 1.165) is 5.92 Å². The molecule has 1 rings (SSSR count). The molecule has 3 nitrogen and oxygen atoms in total. The third-order valence-electron chi connectivity index (χ3n) is 3.86. The number of carbonyl (C=O) groups is 1. The molecule has 1 saturated carbocycles. The fraction of sp³-hybridized carbons (Fsp3) is 0.933. The van der Waals surface area contributed by atoms with Gasteiger partial charge in [-0.15, -0.1) is 0 Å². The first-order valence-electron chi connectivity index (χ1n) is 7.11. The molecule has 0 radical (unpaired) electrons. The van der Waals surface area contributed by atoms with Gasteiger partial charge in [-0.3, -0.25) is 0 Å². The third kappa shape index (κ3) is 4.87. The van der Waals surface area contributed by atoms with E-state index in [2.05, 4.69) is 26.1 Å². The van der Waals surface area contributed by atoms with Gasteiger partial charge >= 0.3 is 6.09 Å². The van der Waals surface area contributed by atoms with Crippen molar-refractivity contribution in [2.45, 2.75) is 78.4 Å². The number of amides is 1. The molecule has 1 aliphatic carbocycles. The van der Waals surface area contributed by atoms with E-state index >= 15 is 0 Å².